The summed E-state index contributed by atoms with van der Waals surface area (Å²) in [5.41, 5.74) is -1.02. The minimum atomic E-state index is -4.67. The molecule has 158 valence electrons. The van der Waals surface area contributed by atoms with Crippen molar-refractivity contribution in [3.8, 4) is 0 Å². The van der Waals surface area contributed by atoms with Crippen molar-refractivity contribution in [2.45, 2.75) is 42.9 Å². The topological polar surface area (TPSA) is 67.7 Å². The second-order valence-corrected chi connectivity index (χ2v) is 9.99. The number of aryl methyl sites for hydroxylation is 1. The number of piperidine rings is 1. The highest BCUT2D eigenvalue weighted by Gasteiger charge is 2.49. The van der Waals surface area contributed by atoms with Crippen LogP contribution in [0.15, 0.2) is 11.1 Å². The molecule has 0 radical (unpaired) electrons. The molecule has 0 N–H and O–H groups in total. The maximum Gasteiger partial charge on any atom is 0.435 e. The number of alkyl halides is 3. The Hall–Kier alpha value is -1.17. The van der Waals surface area contributed by atoms with Gasteiger partial charge in [0.1, 0.15) is 0 Å². The van der Waals surface area contributed by atoms with Crippen molar-refractivity contribution in [2.24, 2.45) is 12.5 Å². The van der Waals surface area contributed by atoms with Gasteiger partial charge in [0.25, 0.3) is 10.0 Å². The van der Waals surface area contributed by atoms with Gasteiger partial charge < -0.3 is 4.74 Å². The number of hydrogen-bond donors (Lipinski definition) is 0. The highest BCUT2D eigenvalue weighted by molar-refractivity contribution is 7.89. The Morgan fingerprint density at radius 1 is 1.14 bits per heavy atom. The molecule has 1 aromatic heterocycles. The van der Waals surface area contributed by atoms with Crippen molar-refractivity contribution in [1.29, 1.82) is 0 Å². The zero-order chi connectivity index (χ0) is 20.2. The first kappa shape index (κ1) is 20.1. The van der Waals surface area contributed by atoms with E-state index in [9.17, 15) is 21.6 Å². The van der Waals surface area contributed by atoms with Crippen molar-refractivity contribution in [2.75, 3.05) is 39.4 Å². The molecular formula is C17H25F3N4O3S. The Balaban J connectivity index is 1.39. The third kappa shape index (κ3) is 3.57. The molecule has 1 aromatic rings. The SMILES string of the molecule is Cn1nc(C(F)(F)F)cc1S(=O)(=O)N1CCC2(CC1)CC(N1CCOCC1)C2. The van der Waals surface area contributed by atoms with Crippen molar-refractivity contribution in [1.82, 2.24) is 19.0 Å². The number of halogens is 3. The summed E-state index contributed by atoms with van der Waals surface area (Å²) >= 11 is 0. The molecule has 11 heteroatoms. The summed E-state index contributed by atoms with van der Waals surface area (Å²) in [6.45, 7) is 4.10. The third-order valence-corrected chi connectivity index (χ3v) is 8.37. The lowest BCUT2D eigenvalue weighted by atomic mass is 9.60. The van der Waals surface area contributed by atoms with Crippen LogP contribution in [0.3, 0.4) is 0 Å². The number of morpholine rings is 1. The molecule has 2 saturated heterocycles. The number of nitrogens with zero attached hydrogens (tertiary/aromatic N) is 4. The van der Waals surface area contributed by atoms with Crippen molar-refractivity contribution >= 4 is 10.0 Å². The average Bonchev–Trinajstić information content (AvgIpc) is 3.03. The van der Waals surface area contributed by atoms with Crippen molar-refractivity contribution < 1.29 is 26.3 Å². The molecule has 0 bridgehead atoms. The molecule has 1 aliphatic carbocycles. The summed E-state index contributed by atoms with van der Waals surface area (Å²) in [4.78, 5) is 2.45. The Bertz CT molecular complexity index is 817. The summed E-state index contributed by atoms with van der Waals surface area (Å²) in [6, 6.07) is 1.16. The first-order chi connectivity index (χ1) is 13.1. The van der Waals surface area contributed by atoms with Gasteiger partial charge in [-0.3, -0.25) is 9.58 Å². The fourth-order valence-electron chi connectivity index (χ4n) is 4.71. The van der Waals surface area contributed by atoms with Gasteiger partial charge in [0.15, 0.2) is 10.7 Å². The summed E-state index contributed by atoms with van der Waals surface area (Å²) in [5.74, 6) is 0. The molecule has 3 fully saturated rings. The van der Waals surface area contributed by atoms with Crippen LogP contribution in [0.4, 0.5) is 13.2 Å². The normalized spacial score (nSPS) is 25.1. The molecule has 2 aliphatic heterocycles. The Morgan fingerprint density at radius 3 is 2.29 bits per heavy atom. The Kier molecular flexibility index (Phi) is 5.00. The second-order valence-electron chi connectivity index (χ2n) is 8.10. The smallest absolute Gasteiger partial charge is 0.379 e. The molecule has 0 aromatic carbocycles. The summed E-state index contributed by atoms with van der Waals surface area (Å²) < 4.78 is 71.8. The highest BCUT2D eigenvalue weighted by Crippen LogP contribution is 2.51. The van der Waals surface area contributed by atoms with E-state index in [0.29, 0.717) is 25.2 Å². The van der Waals surface area contributed by atoms with Gasteiger partial charge in [0.2, 0.25) is 0 Å². The Labute approximate surface area is 162 Å². The fourth-order valence-corrected chi connectivity index (χ4v) is 6.28. The van der Waals surface area contributed by atoms with Gasteiger partial charge in [-0.2, -0.15) is 22.6 Å². The van der Waals surface area contributed by atoms with Crippen LogP contribution < -0.4 is 0 Å². The molecule has 7 nitrogen and oxygen atoms in total. The van der Waals surface area contributed by atoms with E-state index in [4.69, 9.17) is 4.74 Å². The first-order valence-corrected chi connectivity index (χ1v) is 11.0. The highest BCUT2D eigenvalue weighted by atomic mass is 32.2. The average molecular weight is 422 g/mol. The van der Waals surface area contributed by atoms with E-state index >= 15 is 0 Å². The first-order valence-electron chi connectivity index (χ1n) is 9.54. The van der Waals surface area contributed by atoms with Gasteiger partial charge in [0.05, 0.1) is 13.2 Å². The predicted octanol–water partition coefficient (Wildman–Crippen LogP) is 1.70. The maximum atomic E-state index is 12.9. The molecule has 0 atom stereocenters. The lowest BCUT2D eigenvalue weighted by molar-refractivity contribution is -0.141. The number of ether oxygens (including phenoxy) is 1. The standard InChI is InChI=1S/C17H25F3N4O3S/c1-22-15(10-14(21-22)17(18,19)20)28(25,26)24-4-2-16(3-5-24)11-13(12-16)23-6-8-27-9-7-23/h10,13H,2-9,11-12H2,1H3. The summed E-state index contributed by atoms with van der Waals surface area (Å²) in [6.07, 6.45) is -1.05. The quantitative estimate of drug-likeness (QED) is 0.742. The van der Waals surface area contributed by atoms with Gasteiger partial charge in [0, 0.05) is 45.3 Å². The van der Waals surface area contributed by atoms with Gasteiger partial charge in [-0.25, -0.2) is 8.42 Å². The number of rotatable bonds is 3. The minimum Gasteiger partial charge on any atom is -0.379 e. The molecule has 4 rings (SSSR count). The van der Waals surface area contributed by atoms with Crippen molar-refractivity contribution in [3.63, 3.8) is 0 Å². The lowest BCUT2D eigenvalue weighted by Crippen LogP contribution is -2.57. The van der Waals surface area contributed by atoms with E-state index in [1.54, 1.807) is 0 Å². The molecule has 28 heavy (non-hydrogen) atoms. The molecule has 0 amide bonds. The molecule has 1 saturated carbocycles. The van der Waals surface area contributed by atoms with Crippen LogP contribution >= 0.6 is 0 Å². The van der Waals surface area contributed by atoms with Gasteiger partial charge in [-0.05, 0) is 31.1 Å². The van der Waals surface area contributed by atoms with Crippen LogP contribution in [0, 0.1) is 5.41 Å². The van der Waals surface area contributed by atoms with E-state index in [1.165, 1.54) is 11.4 Å². The van der Waals surface area contributed by atoms with E-state index < -0.39 is 26.9 Å². The van der Waals surface area contributed by atoms with E-state index in [0.717, 1.165) is 56.7 Å². The largest absolute Gasteiger partial charge is 0.435 e. The molecule has 0 unspecified atom stereocenters. The van der Waals surface area contributed by atoms with E-state index in [-0.39, 0.29) is 5.41 Å². The van der Waals surface area contributed by atoms with E-state index in [1.807, 2.05) is 0 Å². The van der Waals surface area contributed by atoms with Crippen LogP contribution in [0.2, 0.25) is 0 Å². The fraction of sp³-hybridized carbons (Fsp3) is 0.824. The number of aromatic nitrogens is 2. The number of hydrogen-bond acceptors (Lipinski definition) is 5. The van der Waals surface area contributed by atoms with Crippen LogP contribution in [-0.2, 0) is 28.0 Å². The zero-order valence-electron chi connectivity index (χ0n) is 15.8. The van der Waals surface area contributed by atoms with Crippen LogP contribution in [0.5, 0.6) is 0 Å². The minimum absolute atomic E-state index is 0.165. The second kappa shape index (κ2) is 6.96. The van der Waals surface area contributed by atoms with Gasteiger partial charge in [-0.1, -0.05) is 0 Å². The molecule has 3 heterocycles. The van der Waals surface area contributed by atoms with Crippen LogP contribution in [0.25, 0.3) is 0 Å². The van der Waals surface area contributed by atoms with Crippen LogP contribution in [-0.4, -0.2) is 72.8 Å². The zero-order valence-corrected chi connectivity index (χ0v) is 16.6. The predicted molar refractivity (Wildman–Crippen MR) is 94.0 cm³/mol. The number of sulfonamides is 1. The Morgan fingerprint density at radius 2 is 1.75 bits per heavy atom. The monoisotopic (exact) mass is 422 g/mol. The summed E-state index contributed by atoms with van der Waals surface area (Å²) in [5, 5.41) is 2.92. The molecule has 1 spiro atoms. The van der Waals surface area contributed by atoms with Crippen LogP contribution in [0.1, 0.15) is 31.4 Å². The van der Waals surface area contributed by atoms with E-state index in [2.05, 4.69) is 10.00 Å². The van der Waals surface area contributed by atoms with Gasteiger partial charge >= 0.3 is 6.18 Å². The molecule has 3 aliphatic rings. The van der Waals surface area contributed by atoms with Gasteiger partial charge in [-0.15, -0.1) is 0 Å². The van der Waals surface area contributed by atoms with Crippen molar-refractivity contribution in [3.05, 3.63) is 11.8 Å². The molecular weight excluding hydrogens is 397 g/mol. The third-order valence-electron chi connectivity index (χ3n) is 6.41. The summed E-state index contributed by atoms with van der Waals surface area (Å²) in [7, 11) is -2.77. The maximum absolute atomic E-state index is 12.9. The lowest BCUT2D eigenvalue weighted by Gasteiger charge is -2.55.